The third kappa shape index (κ3) is 3.75. The third-order valence-corrected chi connectivity index (χ3v) is 2.70. The van der Waals surface area contributed by atoms with Crippen LogP contribution >= 0.6 is 0 Å². The molecule has 1 aromatic carbocycles. The summed E-state index contributed by atoms with van der Waals surface area (Å²) in [6.45, 7) is -0.314. The Hall–Kier alpha value is -3.03. The number of carbonyl (C=O) groups is 2. The number of hydrogen-bond acceptors (Lipinski definition) is 3. The fourth-order valence-electron chi connectivity index (χ4n) is 1.65. The van der Waals surface area contributed by atoms with Gasteiger partial charge in [0.15, 0.2) is 0 Å². The van der Waals surface area contributed by atoms with E-state index < -0.39 is 29.0 Å². The van der Waals surface area contributed by atoms with E-state index in [0.29, 0.717) is 6.07 Å². The van der Waals surface area contributed by atoms with Crippen molar-refractivity contribution in [3.8, 4) is 0 Å². The number of carbonyl (C=O) groups excluding carboxylic acids is 2. The first-order valence-corrected chi connectivity index (χ1v) is 6.17. The molecule has 1 aromatic heterocycles. The summed E-state index contributed by atoms with van der Waals surface area (Å²) in [7, 11) is 0. The molecule has 1 heterocycles. The molecule has 8 heteroatoms. The van der Waals surface area contributed by atoms with Crippen molar-refractivity contribution in [3.05, 3.63) is 70.1 Å². The number of hydrazine groups is 1. The van der Waals surface area contributed by atoms with E-state index in [0.717, 1.165) is 16.7 Å². The fourth-order valence-corrected chi connectivity index (χ4v) is 1.65. The first-order valence-electron chi connectivity index (χ1n) is 6.17. The molecule has 0 unspecified atom stereocenters. The molecule has 22 heavy (non-hydrogen) atoms. The van der Waals surface area contributed by atoms with Gasteiger partial charge in [-0.3, -0.25) is 25.2 Å². The molecule has 6 nitrogen and oxygen atoms in total. The van der Waals surface area contributed by atoms with Gasteiger partial charge in [0.2, 0.25) is 0 Å². The Labute approximate surface area is 123 Å². The van der Waals surface area contributed by atoms with Crippen molar-refractivity contribution in [1.29, 1.82) is 0 Å². The summed E-state index contributed by atoms with van der Waals surface area (Å²) in [5.74, 6) is -3.48. The van der Waals surface area contributed by atoms with Gasteiger partial charge in [-0.15, -0.1) is 0 Å². The van der Waals surface area contributed by atoms with E-state index in [1.807, 2.05) is 10.9 Å². The standard InChI is InChI=1S/C14H11F2N3O3/c15-9-4-5-10(11(16)7-9)14(22)18-17-12(20)8-19-6-2-1-3-13(19)21/h1-7H,8H2,(H,17,20)(H,18,22). The average molecular weight is 307 g/mol. The van der Waals surface area contributed by atoms with Gasteiger partial charge < -0.3 is 4.57 Å². The van der Waals surface area contributed by atoms with Crippen molar-refractivity contribution < 1.29 is 18.4 Å². The Bertz CT molecular complexity index is 774. The summed E-state index contributed by atoms with van der Waals surface area (Å²) in [5, 5.41) is 0. The zero-order valence-corrected chi connectivity index (χ0v) is 11.2. The van der Waals surface area contributed by atoms with Crippen molar-refractivity contribution >= 4 is 11.8 Å². The molecule has 0 aliphatic rings. The Balaban J connectivity index is 1.95. The Morgan fingerprint density at radius 2 is 1.86 bits per heavy atom. The molecule has 0 bridgehead atoms. The second kappa shape index (κ2) is 6.61. The van der Waals surface area contributed by atoms with Crippen molar-refractivity contribution in [2.45, 2.75) is 6.54 Å². The van der Waals surface area contributed by atoms with Gasteiger partial charge in [0.05, 0.1) is 5.56 Å². The van der Waals surface area contributed by atoms with Crippen LogP contribution in [0.15, 0.2) is 47.4 Å². The van der Waals surface area contributed by atoms with Crippen molar-refractivity contribution in [1.82, 2.24) is 15.4 Å². The molecular formula is C14H11F2N3O3. The maximum atomic E-state index is 13.4. The van der Waals surface area contributed by atoms with Crippen molar-refractivity contribution in [2.24, 2.45) is 0 Å². The van der Waals surface area contributed by atoms with Crippen molar-refractivity contribution in [2.75, 3.05) is 0 Å². The lowest BCUT2D eigenvalue weighted by atomic mass is 10.2. The van der Waals surface area contributed by atoms with E-state index in [1.54, 1.807) is 6.07 Å². The van der Waals surface area contributed by atoms with Gasteiger partial charge in [0, 0.05) is 18.3 Å². The van der Waals surface area contributed by atoms with Gasteiger partial charge in [0.25, 0.3) is 17.4 Å². The average Bonchev–Trinajstić information content (AvgIpc) is 2.47. The summed E-state index contributed by atoms with van der Waals surface area (Å²) in [6.07, 6.45) is 1.41. The SMILES string of the molecule is O=C(Cn1ccccc1=O)NNC(=O)c1ccc(F)cc1F. The minimum absolute atomic E-state index is 0.314. The Kier molecular flexibility index (Phi) is 4.62. The van der Waals surface area contributed by atoms with Gasteiger partial charge >= 0.3 is 0 Å². The molecule has 0 saturated carbocycles. The van der Waals surface area contributed by atoms with Crippen LogP contribution in [0.2, 0.25) is 0 Å². The summed E-state index contributed by atoms with van der Waals surface area (Å²) in [6, 6.07) is 6.80. The fraction of sp³-hybridized carbons (Fsp3) is 0.0714. The minimum Gasteiger partial charge on any atom is -0.306 e. The van der Waals surface area contributed by atoms with Crippen LogP contribution < -0.4 is 16.4 Å². The maximum absolute atomic E-state index is 13.4. The number of pyridine rings is 1. The molecule has 0 aliphatic heterocycles. The quantitative estimate of drug-likeness (QED) is 0.814. The van der Waals surface area contributed by atoms with Crippen LogP contribution in [0.4, 0.5) is 8.78 Å². The van der Waals surface area contributed by atoms with Gasteiger partial charge in [-0.2, -0.15) is 0 Å². The van der Waals surface area contributed by atoms with Crippen LogP contribution in [-0.2, 0) is 11.3 Å². The highest BCUT2D eigenvalue weighted by Gasteiger charge is 2.13. The van der Waals surface area contributed by atoms with Crippen LogP contribution in [0.5, 0.6) is 0 Å². The summed E-state index contributed by atoms with van der Waals surface area (Å²) in [5.41, 5.74) is 3.22. The number of nitrogens with zero attached hydrogens (tertiary/aromatic N) is 1. The van der Waals surface area contributed by atoms with Gasteiger partial charge in [-0.25, -0.2) is 8.78 Å². The number of aromatic nitrogens is 1. The first-order chi connectivity index (χ1) is 10.5. The molecule has 2 rings (SSSR count). The molecule has 0 spiro atoms. The second-order valence-corrected chi connectivity index (χ2v) is 4.29. The van der Waals surface area contributed by atoms with E-state index in [9.17, 15) is 23.2 Å². The summed E-state index contributed by atoms with van der Waals surface area (Å²) < 4.78 is 27.2. The molecule has 0 saturated heterocycles. The highest BCUT2D eigenvalue weighted by molar-refractivity contribution is 5.95. The number of hydrogen-bond donors (Lipinski definition) is 2. The zero-order valence-electron chi connectivity index (χ0n) is 11.2. The lowest BCUT2D eigenvalue weighted by Crippen LogP contribution is -2.44. The van der Waals surface area contributed by atoms with Crippen LogP contribution in [0.3, 0.4) is 0 Å². The molecule has 0 radical (unpaired) electrons. The third-order valence-electron chi connectivity index (χ3n) is 2.70. The van der Waals surface area contributed by atoms with Gasteiger partial charge in [-0.1, -0.05) is 6.07 Å². The largest absolute Gasteiger partial charge is 0.306 e. The van der Waals surface area contributed by atoms with Crippen LogP contribution in [0.25, 0.3) is 0 Å². The van der Waals surface area contributed by atoms with Gasteiger partial charge in [0.1, 0.15) is 18.2 Å². The molecule has 2 aromatic rings. The van der Waals surface area contributed by atoms with E-state index in [-0.39, 0.29) is 12.1 Å². The predicted octanol–water partition coefficient (Wildman–Crippen LogP) is 0.588. The van der Waals surface area contributed by atoms with Crippen LogP contribution in [0.1, 0.15) is 10.4 Å². The number of halogens is 2. The predicted molar refractivity (Wildman–Crippen MR) is 72.7 cm³/mol. The normalized spacial score (nSPS) is 10.1. The molecule has 0 aliphatic carbocycles. The number of nitrogens with one attached hydrogen (secondary N) is 2. The maximum Gasteiger partial charge on any atom is 0.272 e. The lowest BCUT2D eigenvalue weighted by Gasteiger charge is -2.09. The smallest absolute Gasteiger partial charge is 0.272 e. The molecule has 2 amide bonds. The second-order valence-electron chi connectivity index (χ2n) is 4.29. The number of rotatable bonds is 3. The monoisotopic (exact) mass is 307 g/mol. The molecule has 0 fully saturated rings. The molecule has 114 valence electrons. The zero-order chi connectivity index (χ0) is 16.1. The van der Waals surface area contributed by atoms with E-state index in [1.165, 1.54) is 18.3 Å². The summed E-state index contributed by atoms with van der Waals surface area (Å²) in [4.78, 5) is 34.6. The topological polar surface area (TPSA) is 80.2 Å². The van der Waals surface area contributed by atoms with E-state index >= 15 is 0 Å². The van der Waals surface area contributed by atoms with E-state index in [4.69, 9.17) is 0 Å². The van der Waals surface area contributed by atoms with Crippen LogP contribution in [0, 0.1) is 11.6 Å². The molecule has 2 N–H and O–H groups in total. The first kappa shape index (κ1) is 15.4. The van der Waals surface area contributed by atoms with E-state index in [2.05, 4.69) is 0 Å². The summed E-state index contributed by atoms with van der Waals surface area (Å²) >= 11 is 0. The Morgan fingerprint density at radius 3 is 2.55 bits per heavy atom. The molecular weight excluding hydrogens is 296 g/mol. The Morgan fingerprint density at radius 1 is 1.09 bits per heavy atom. The lowest BCUT2D eigenvalue weighted by molar-refractivity contribution is -0.122. The number of benzene rings is 1. The van der Waals surface area contributed by atoms with Crippen LogP contribution in [-0.4, -0.2) is 16.4 Å². The minimum atomic E-state index is -1.05. The van der Waals surface area contributed by atoms with Crippen molar-refractivity contribution in [3.63, 3.8) is 0 Å². The highest BCUT2D eigenvalue weighted by Crippen LogP contribution is 2.08. The van der Waals surface area contributed by atoms with Gasteiger partial charge in [-0.05, 0) is 18.2 Å². The molecule has 0 atom stereocenters. The number of amides is 2. The highest BCUT2D eigenvalue weighted by atomic mass is 19.1.